The molecule has 0 saturated carbocycles. The standard InChI is InChI=1S/C20H29N5O/c1-15-9-13-25(14-10-15)19-17-8-5-4-7-16(17)18(22-23-19)20(26)21-11-6-12-24(2)3/h4-5,7-8,15H,6,9-14H2,1-3H3,(H,21,26). The van der Waals surface area contributed by atoms with Crippen LogP contribution in [0.25, 0.3) is 10.8 Å². The van der Waals surface area contributed by atoms with E-state index in [-0.39, 0.29) is 5.91 Å². The van der Waals surface area contributed by atoms with E-state index in [0.29, 0.717) is 12.2 Å². The molecule has 140 valence electrons. The fourth-order valence-corrected chi connectivity index (χ4v) is 3.39. The number of hydrogen-bond donors (Lipinski definition) is 1. The molecule has 1 N–H and O–H groups in total. The van der Waals surface area contributed by atoms with E-state index in [9.17, 15) is 4.79 Å². The summed E-state index contributed by atoms with van der Waals surface area (Å²) in [5, 5.41) is 13.6. The Balaban J connectivity index is 1.80. The molecule has 1 fully saturated rings. The third-order valence-corrected chi connectivity index (χ3v) is 5.03. The second-order valence-corrected chi connectivity index (χ2v) is 7.50. The van der Waals surface area contributed by atoms with E-state index >= 15 is 0 Å². The number of hydrogen-bond acceptors (Lipinski definition) is 5. The molecule has 0 bridgehead atoms. The Morgan fingerprint density at radius 2 is 1.88 bits per heavy atom. The number of anilines is 1. The van der Waals surface area contributed by atoms with E-state index in [1.54, 1.807) is 0 Å². The maximum Gasteiger partial charge on any atom is 0.272 e. The summed E-state index contributed by atoms with van der Waals surface area (Å²) in [7, 11) is 4.06. The maximum absolute atomic E-state index is 12.6. The number of rotatable bonds is 6. The molecule has 1 aliphatic heterocycles. The highest BCUT2D eigenvalue weighted by molar-refractivity contribution is 6.07. The van der Waals surface area contributed by atoms with Crippen LogP contribution in [0, 0.1) is 5.92 Å². The Kier molecular flexibility index (Phi) is 6.04. The summed E-state index contributed by atoms with van der Waals surface area (Å²) < 4.78 is 0. The van der Waals surface area contributed by atoms with Gasteiger partial charge in [0.15, 0.2) is 11.5 Å². The minimum absolute atomic E-state index is 0.147. The SMILES string of the molecule is CC1CCN(c2nnc(C(=O)NCCCN(C)C)c3ccccc23)CC1. The van der Waals surface area contributed by atoms with Crippen molar-refractivity contribution < 1.29 is 4.79 Å². The van der Waals surface area contributed by atoms with Crippen LogP contribution < -0.4 is 10.2 Å². The third-order valence-electron chi connectivity index (χ3n) is 5.03. The molecule has 1 aliphatic rings. The summed E-state index contributed by atoms with van der Waals surface area (Å²) in [6.07, 6.45) is 3.25. The highest BCUT2D eigenvalue weighted by Crippen LogP contribution is 2.29. The highest BCUT2D eigenvalue weighted by Gasteiger charge is 2.21. The molecule has 0 spiro atoms. The molecule has 1 amide bonds. The molecule has 0 aliphatic carbocycles. The van der Waals surface area contributed by atoms with Crippen LogP contribution in [0.15, 0.2) is 24.3 Å². The predicted octanol–water partition coefficient (Wildman–Crippen LogP) is 2.55. The van der Waals surface area contributed by atoms with Crippen LogP contribution >= 0.6 is 0 Å². The normalized spacial score (nSPS) is 15.6. The first-order chi connectivity index (χ1) is 12.6. The molecule has 6 nitrogen and oxygen atoms in total. The maximum atomic E-state index is 12.6. The molecule has 0 unspecified atom stereocenters. The summed E-state index contributed by atoms with van der Waals surface area (Å²) in [4.78, 5) is 17.0. The van der Waals surface area contributed by atoms with Crippen molar-refractivity contribution >= 4 is 22.5 Å². The monoisotopic (exact) mass is 355 g/mol. The van der Waals surface area contributed by atoms with Crippen molar-refractivity contribution in [3.8, 4) is 0 Å². The number of piperidine rings is 1. The summed E-state index contributed by atoms with van der Waals surface area (Å²) in [5.74, 6) is 1.51. The number of benzene rings is 1. The molecule has 1 aromatic carbocycles. The lowest BCUT2D eigenvalue weighted by Crippen LogP contribution is -2.34. The van der Waals surface area contributed by atoms with Gasteiger partial charge < -0.3 is 15.1 Å². The minimum atomic E-state index is -0.147. The van der Waals surface area contributed by atoms with Gasteiger partial charge in [0.1, 0.15) is 0 Å². The van der Waals surface area contributed by atoms with Gasteiger partial charge in [-0.1, -0.05) is 31.2 Å². The summed E-state index contributed by atoms with van der Waals surface area (Å²) >= 11 is 0. The molecular weight excluding hydrogens is 326 g/mol. The molecule has 0 radical (unpaired) electrons. The van der Waals surface area contributed by atoms with Crippen LogP contribution in [0.4, 0.5) is 5.82 Å². The highest BCUT2D eigenvalue weighted by atomic mass is 16.1. The van der Waals surface area contributed by atoms with Gasteiger partial charge >= 0.3 is 0 Å². The fraction of sp³-hybridized carbons (Fsp3) is 0.550. The first kappa shape index (κ1) is 18.6. The molecule has 1 aromatic heterocycles. The minimum Gasteiger partial charge on any atom is -0.355 e. The molecule has 3 rings (SSSR count). The second-order valence-electron chi connectivity index (χ2n) is 7.50. The number of carbonyl (C=O) groups excluding carboxylic acids is 1. The van der Waals surface area contributed by atoms with E-state index < -0.39 is 0 Å². The predicted molar refractivity (Wildman–Crippen MR) is 106 cm³/mol. The van der Waals surface area contributed by atoms with Crippen molar-refractivity contribution in [1.82, 2.24) is 20.4 Å². The van der Waals surface area contributed by atoms with Gasteiger partial charge in [-0.15, -0.1) is 10.2 Å². The third kappa shape index (κ3) is 4.30. The van der Waals surface area contributed by atoms with Gasteiger partial charge in [0.25, 0.3) is 5.91 Å². The fourth-order valence-electron chi connectivity index (χ4n) is 3.39. The van der Waals surface area contributed by atoms with Gasteiger partial charge in [-0.25, -0.2) is 0 Å². The number of fused-ring (bicyclic) bond motifs is 1. The Bertz CT molecular complexity index is 753. The summed E-state index contributed by atoms with van der Waals surface area (Å²) in [5.41, 5.74) is 0.416. The molecule has 2 heterocycles. The number of carbonyl (C=O) groups is 1. The summed E-state index contributed by atoms with van der Waals surface area (Å²) in [6, 6.07) is 7.96. The van der Waals surface area contributed by atoms with Crippen LogP contribution in [0.2, 0.25) is 0 Å². The lowest BCUT2D eigenvalue weighted by atomic mass is 9.99. The van der Waals surface area contributed by atoms with Crippen LogP contribution in [0.3, 0.4) is 0 Å². The molecule has 6 heteroatoms. The number of amides is 1. The Morgan fingerprint density at radius 3 is 2.58 bits per heavy atom. The van der Waals surface area contributed by atoms with Gasteiger partial charge in [0.2, 0.25) is 0 Å². The van der Waals surface area contributed by atoms with Crippen molar-refractivity contribution in [2.75, 3.05) is 45.2 Å². The van der Waals surface area contributed by atoms with Crippen LogP contribution in [0.5, 0.6) is 0 Å². The Hall–Kier alpha value is -2.21. The van der Waals surface area contributed by atoms with Gasteiger partial charge in [-0.3, -0.25) is 4.79 Å². The number of nitrogens with one attached hydrogen (secondary N) is 1. The summed E-state index contributed by atoms with van der Waals surface area (Å²) in [6.45, 7) is 5.87. The average molecular weight is 355 g/mol. The van der Waals surface area contributed by atoms with Gasteiger partial charge in [0, 0.05) is 30.4 Å². The second kappa shape index (κ2) is 8.45. The zero-order valence-electron chi connectivity index (χ0n) is 16.0. The van der Waals surface area contributed by atoms with E-state index in [0.717, 1.165) is 48.6 Å². The average Bonchev–Trinajstić information content (AvgIpc) is 2.65. The van der Waals surface area contributed by atoms with Crippen LogP contribution in [-0.2, 0) is 0 Å². The van der Waals surface area contributed by atoms with Crippen molar-refractivity contribution in [2.24, 2.45) is 5.92 Å². The van der Waals surface area contributed by atoms with Crippen molar-refractivity contribution in [3.63, 3.8) is 0 Å². The molecule has 2 aromatic rings. The Morgan fingerprint density at radius 1 is 1.19 bits per heavy atom. The first-order valence-electron chi connectivity index (χ1n) is 9.49. The number of aromatic nitrogens is 2. The zero-order valence-corrected chi connectivity index (χ0v) is 16.0. The van der Waals surface area contributed by atoms with Gasteiger partial charge in [-0.05, 0) is 45.8 Å². The van der Waals surface area contributed by atoms with Crippen LogP contribution in [-0.4, -0.2) is 61.3 Å². The molecule has 1 saturated heterocycles. The molecule has 26 heavy (non-hydrogen) atoms. The quantitative estimate of drug-likeness (QED) is 0.807. The van der Waals surface area contributed by atoms with Crippen molar-refractivity contribution in [3.05, 3.63) is 30.0 Å². The Labute approximate surface area is 155 Å². The van der Waals surface area contributed by atoms with Crippen molar-refractivity contribution in [1.29, 1.82) is 0 Å². The lowest BCUT2D eigenvalue weighted by Gasteiger charge is -2.31. The first-order valence-corrected chi connectivity index (χ1v) is 9.49. The van der Waals surface area contributed by atoms with Gasteiger partial charge in [0.05, 0.1) is 0 Å². The molecular formula is C20H29N5O. The van der Waals surface area contributed by atoms with Gasteiger partial charge in [-0.2, -0.15) is 0 Å². The van der Waals surface area contributed by atoms with E-state index in [2.05, 4.69) is 32.2 Å². The van der Waals surface area contributed by atoms with Crippen LogP contribution in [0.1, 0.15) is 36.7 Å². The van der Waals surface area contributed by atoms with Crippen molar-refractivity contribution in [2.45, 2.75) is 26.2 Å². The smallest absolute Gasteiger partial charge is 0.272 e. The largest absolute Gasteiger partial charge is 0.355 e. The lowest BCUT2D eigenvalue weighted by molar-refractivity contribution is 0.0948. The van der Waals surface area contributed by atoms with E-state index in [4.69, 9.17) is 0 Å². The topological polar surface area (TPSA) is 61.4 Å². The molecule has 0 atom stereocenters. The van der Waals surface area contributed by atoms with E-state index in [1.165, 1.54) is 12.8 Å². The number of nitrogens with zero attached hydrogens (tertiary/aromatic N) is 4. The van der Waals surface area contributed by atoms with E-state index in [1.807, 2.05) is 38.4 Å². The zero-order chi connectivity index (χ0) is 18.5.